The molecule has 12 heavy (non-hydrogen) atoms. The second kappa shape index (κ2) is 4.49. The minimum Gasteiger partial charge on any atom is -0.393 e. The maximum atomic E-state index is 9.75. The van der Waals surface area contributed by atoms with Gasteiger partial charge >= 0.3 is 0 Å². The predicted molar refractivity (Wildman–Crippen MR) is 52.3 cm³/mol. The molecule has 1 fully saturated rings. The summed E-state index contributed by atoms with van der Waals surface area (Å²) in [5, 5.41) is 19.4. The van der Waals surface area contributed by atoms with E-state index in [2.05, 4.69) is 0 Å². The Kier molecular flexibility index (Phi) is 3.87. The molecule has 3 unspecified atom stereocenters. The number of thioether (sulfide) groups is 1. The van der Waals surface area contributed by atoms with Crippen molar-refractivity contribution in [1.82, 2.24) is 0 Å². The Balaban J connectivity index is 2.47. The summed E-state index contributed by atoms with van der Waals surface area (Å²) in [4.78, 5) is 0. The molecule has 2 nitrogen and oxygen atoms in total. The van der Waals surface area contributed by atoms with Crippen molar-refractivity contribution in [2.24, 2.45) is 11.8 Å². The molecule has 0 aromatic heterocycles. The van der Waals surface area contributed by atoms with Crippen molar-refractivity contribution >= 4 is 11.8 Å². The van der Waals surface area contributed by atoms with E-state index in [0.29, 0.717) is 0 Å². The Morgan fingerprint density at radius 1 is 1.42 bits per heavy atom. The van der Waals surface area contributed by atoms with Gasteiger partial charge < -0.3 is 10.2 Å². The molecular weight excluding hydrogens is 172 g/mol. The van der Waals surface area contributed by atoms with Crippen molar-refractivity contribution < 1.29 is 10.2 Å². The van der Waals surface area contributed by atoms with E-state index in [4.69, 9.17) is 0 Å². The number of aliphatic hydroxyl groups is 2. The molecule has 0 aromatic carbocycles. The zero-order chi connectivity index (χ0) is 9.14. The molecule has 0 radical (unpaired) electrons. The summed E-state index contributed by atoms with van der Waals surface area (Å²) in [5.41, 5.74) is 0. The maximum Gasteiger partial charge on any atom is 0.0623 e. The quantitative estimate of drug-likeness (QED) is 0.685. The van der Waals surface area contributed by atoms with Gasteiger partial charge in [-0.05, 0) is 18.1 Å². The highest BCUT2D eigenvalue weighted by molar-refractivity contribution is 7.99. The monoisotopic (exact) mass is 190 g/mol. The zero-order valence-corrected chi connectivity index (χ0v) is 8.55. The summed E-state index contributed by atoms with van der Waals surface area (Å²) in [7, 11) is 0. The lowest BCUT2D eigenvalue weighted by Crippen LogP contribution is -2.39. The molecule has 0 amide bonds. The van der Waals surface area contributed by atoms with Crippen molar-refractivity contribution in [3.05, 3.63) is 0 Å². The summed E-state index contributed by atoms with van der Waals surface area (Å²) in [6.07, 6.45) is 0.204. The number of rotatable bonds is 2. The highest BCUT2D eigenvalue weighted by Gasteiger charge is 2.31. The second-order valence-electron chi connectivity index (χ2n) is 3.83. The predicted octanol–water partition coefficient (Wildman–Crippen LogP) is 1.12. The molecule has 2 N–H and O–H groups in total. The van der Waals surface area contributed by atoms with Gasteiger partial charge in [-0.15, -0.1) is 0 Å². The fourth-order valence-corrected chi connectivity index (χ4v) is 2.84. The number of hydrogen-bond acceptors (Lipinski definition) is 3. The van der Waals surface area contributed by atoms with Crippen LogP contribution < -0.4 is 0 Å². The Hall–Kier alpha value is 0.270. The van der Waals surface area contributed by atoms with Gasteiger partial charge in [0.05, 0.1) is 12.2 Å². The van der Waals surface area contributed by atoms with E-state index in [1.807, 2.05) is 25.6 Å². The molecular formula is C9H18O2S. The van der Waals surface area contributed by atoms with Crippen molar-refractivity contribution in [3.63, 3.8) is 0 Å². The molecule has 3 heteroatoms. The van der Waals surface area contributed by atoms with Gasteiger partial charge in [0.25, 0.3) is 0 Å². The number of aliphatic hydroxyl groups excluding tert-OH is 2. The van der Waals surface area contributed by atoms with Crippen molar-refractivity contribution in [2.45, 2.75) is 32.5 Å². The molecule has 0 spiro atoms. The van der Waals surface area contributed by atoms with E-state index in [0.717, 1.165) is 17.9 Å². The lowest BCUT2D eigenvalue weighted by atomic mass is 9.89. The fourth-order valence-electron chi connectivity index (χ4n) is 1.57. The van der Waals surface area contributed by atoms with E-state index in [-0.39, 0.29) is 24.0 Å². The fraction of sp³-hybridized carbons (Fsp3) is 1.00. The van der Waals surface area contributed by atoms with Gasteiger partial charge in [0, 0.05) is 11.7 Å². The van der Waals surface area contributed by atoms with E-state index in [1.54, 1.807) is 0 Å². The van der Waals surface area contributed by atoms with Gasteiger partial charge in [-0.1, -0.05) is 13.8 Å². The topological polar surface area (TPSA) is 40.5 Å². The average Bonchev–Trinajstić information content (AvgIpc) is 2.04. The van der Waals surface area contributed by atoms with Crippen LogP contribution >= 0.6 is 11.8 Å². The maximum absolute atomic E-state index is 9.75. The van der Waals surface area contributed by atoms with E-state index >= 15 is 0 Å². The summed E-state index contributed by atoms with van der Waals surface area (Å²) < 4.78 is 0. The molecule has 72 valence electrons. The van der Waals surface area contributed by atoms with Crippen LogP contribution in [0.5, 0.6) is 0 Å². The van der Waals surface area contributed by atoms with Crippen LogP contribution in [0.15, 0.2) is 0 Å². The Morgan fingerprint density at radius 3 is 2.58 bits per heavy atom. The van der Waals surface area contributed by atoms with Crippen molar-refractivity contribution in [3.8, 4) is 0 Å². The first-order chi connectivity index (χ1) is 5.63. The van der Waals surface area contributed by atoms with Gasteiger partial charge in [-0.25, -0.2) is 0 Å². The summed E-state index contributed by atoms with van der Waals surface area (Å²) in [6.45, 7) is 3.99. The molecule has 1 rings (SSSR count). The van der Waals surface area contributed by atoms with Gasteiger partial charge in [0.2, 0.25) is 0 Å². The Morgan fingerprint density at radius 2 is 2.08 bits per heavy atom. The third-order valence-corrected chi connectivity index (χ3v) is 3.63. The van der Waals surface area contributed by atoms with Crippen LogP contribution in [0.2, 0.25) is 0 Å². The van der Waals surface area contributed by atoms with Crippen LogP contribution in [0.25, 0.3) is 0 Å². The molecule has 0 aromatic rings. The highest BCUT2D eigenvalue weighted by Crippen LogP contribution is 2.28. The molecule has 3 atom stereocenters. The Bertz CT molecular complexity index is 138. The van der Waals surface area contributed by atoms with Crippen LogP contribution in [-0.4, -0.2) is 33.9 Å². The number of hydrogen-bond donors (Lipinski definition) is 2. The largest absolute Gasteiger partial charge is 0.393 e. The summed E-state index contributed by atoms with van der Waals surface area (Å²) in [5.74, 6) is 2.27. The highest BCUT2D eigenvalue weighted by atomic mass is 32.2. The van der Waals surface area contributed by atoms with Crippen molar-refractivity contribution in [2.75, 3.05) is 11.5 Å². The molecule has 0 saturated carbocycles. The average molecular weight is 190 g/mol. The molecule has 0 aliphatic carbocycles. The van der Waals surface area contributed by atoms with Crippen LogP contribution in [0, 0.1) is 11.8 Å². The minimum absolute atomic E-state index is 0.0868. The molecule has 1 heterocycles. The van der Waals surface area contributed by atoms with E-state index < -0.39 is 0 Å². The van der Waals surface area contributed by atoms with Crippen LogP contribution in [0.4, 0.5) is 0 Å². The lowest BCUT2D eigenvalue weighted by Gasteiger charge is -2.32. The normalized spacial score (nSPS) is 33.8. The first-order valence-corrected chi connectivity index (χ1v) is 5.72. The molecule has 0 bridgehead atoms. The SMILES string of the molecule is CC(C)C(O)C1CSCCC1O. The molecule has 1 aliphatic rings. The van der Waals surface area contributed by atoms with Crippen LogP contribution in [0.3, 0.4) is 0 Å². The smallest absolute Gasteiger partial charge is 0.0623 e. The third kappa shape index (κ3) is 2.38. The van der Waals surface area contributed by atoms with Gasteiger partial charge in [-0.3, -0.25) is 0 Å². The summed E-state index contributed by atoms with van der Waals surface area (Å²) in [6, 6.07) is 0. The molecule has 1 saturated heterocycles. The zero-order valence-electron chi connectivity index (χ0n) is 7.73. The first-order valence-electron chi connectivity index (χ1n) is 4.56. The van der Waals surface area contributed by atoms with Crippen LogP contribution in [0.1, 0.15) is 20.3 Å². The van der Waals surface area contributed by atoms with E-state index in [9.17, 15) is 10.2 Å². The molecule has 1 aliphatic heterocycles. The van der Waals surface area contributed by atoms with Crippen LogP contribution in [-0.2, 0) is 0 Å². The van der Waals surface area contributed by atoms with Gasteiger partial charge in [-0.2, -0.15) is 11.8 Å². The standard InChI is InChI=1S/C9H18O2S/c1-6(2)9(11)7-5-12-4-3-8(7)10/h6-11H,3-5H2,1-2H3. The Labute approximate surface area is 78.4 Å². The van der Waals surface area contributed by atoms with Crippen molar-refractivity contribution in [1.29, 1.82) is 0 Å². The first kappa shape index (κ1) is 10.4. The van der Waals surface area contributed by atoms with E-state index in [1.165, 1.54) is 0 Å². The minimum atomic E-state index is -0.340. The second-order valence-corrected chi connectivity index (χ2v) is 4.98. The lowest BCUT2D eigenvalue weighted by molar-refractivity contribution is -0.00274. The van der Waals surface area contributed by atoms with Gasteiger partial charge in [0.15, 0.2) is 0 Å². The third-order valence-electron chi connectivity index (χ3n) is 2.48. The summed E-state index contributed by atoms with van der Waals surface area (Å²) >= 11 is 1.83. The van der Waals surface area contributed by atoms with Gasteiger partial charge in [0.1, 0.15) is 0 Å².